The van der Waals surface area contributed by atoms with Crippen LogP contribution in [0.3, 0.4) is 0 Å². The molecule has 0 aliphatic heterocycles. The van der Waals surface area contributed by atoms with Gasteiger partial charge in [-0.25, -0.2) is 0 Å². The molecule has 0 fully saturated rings. The number of hydrogen-bond donors (Lipinski definition) is 2. The van der Waals surface area contributed by atoms with Crippen molar-refractivity contribution in [3.63, 3.8) is 0 Å². The summed E-state index contributed by atoms with van der Waals surface area (Å²) in [6.07, 6.45) is 0. The van der Waals surface area contributed by atoms with E-state index < -0.39 is 0 Å². The number of aromatic amines is 1. The van der Waals surface area contributed by atoms with Crippen LogP contribution in [0, 0.1) is 6.92 Å². The number of hydrogen-bond acceptors (Lipinski definition) is 4. The zero-order valence-corrected chi connectivity index (χ0v) is 13.2. The van der Waals surface area contributed by atoms with Gasteiger partial charge in [0, 0.05) is 17.1 Å². The summed E-state index contributed by atoms with van der Waals surface area (Å²) in [5, 5.41) is 12.3. The van der Waals surface area contributed by atoms with E-state index in [-0.39, 0.29) is 0 Å². The van der Waals surface area contributed by atoms with Crippen LogP contribution in [-0.2, 0) is 0 Å². The number of aryl methyl sites for hydroxylation is 1. The lowest BCUT2D eigenvalue weighted by Gasteiger charge is -2.11. The molecule has 2 aromatic heterocycles. The van der Waals surface area contributed by atoms with Crippen molar-refractivity contribution in [2.24, 2.45) is 0 Å². The maximum atomic E-state index is 6.00. The Hall–Kier alpha value is -3.34. The molecule has 2 heterocycles. The van der Waals surface area contributed by atoms with Crippen LogP contribution in [0.15, 0.2) is 66.7 Å². The molecule has 24 heavy (non-hydrogen) atoms. The minimum Gasteiger partial charge on any atom is -0.438 e. The first-order valence-corrected chi connectivity index (χ1v) is 7.70. The molecule has 2 N–H and O–H groups in total. The monoisotopic (exact) mass is 316 g/mol. The minimum absolute atomic E-state index is 0.564. The van der Waals surface area contributed by atoms with E-state index in [1.54, 1.807) is 0 Å². The molecule has 0 atom stereocenters. The number of fused-ring (bicyclic) bond motifs is 1. The molecule has 0 aliphatic carbocycles. The maximum Gasteiger partial charge on any atom is 0.229 e. The average molecular weight is 316 g/mol. The van der Waals surface area contributed by atoms with E-state index in [0.717, 1.165) is 28.0 Å². The van der Waals surface area contributed by atoms with Gasteiger partial charge in [-0.15, -0.1) is 0 Å². The third kappa shape index (κ3) is 2.92. The van der Waals surface area contributed by atoms with Gasteiger partial charge < -0.3 is 10.1 Å². The van der Waals surface area contributed by atoms with Crippen molar-refractivity contribution >= 4 is 22.4 Å². The number of nitrogens with zero attached hydrogens (tertiary/aromatic N) is 2. The van der Waals surface area contributed by atoms with Crippen LogP contribution in [0.4, 0.5) is 11.6 Å². The van der Waals surface area contributed by atoms with Crippen molar-refractivity contribution in [1.82, 2.24) is 15.2 Å². The molecule has 0 bridgehead atoms. The van der Waals surface area contributed by atoms with Crippen molar-refractivity contribution in [3.8, 4) is 11.6 Å². The van der Waals surface area contributed by atoms with Crippen LogP contribution in [0.2, 0.25) is 0 Å². The number of rotatable bonds is 4. The van der Waals surface area contributed by atoms with Crippen LogP contribution >= 0.6 is 0 Å². The number of benzene rings is 2. The largest absolute Gasteiger partial charge is 0.438 e. The number of anilines is 2. The predicted molar refractivity (Wildman–Crippen MR) is 94.9 cm³/mol. The molecule has 0 saturated carbocycles. The number of aromatic nitrogens is 3. The molecular weight excluding hydrogens is 300 g/mol. The number of para-hydroxylation sites is 1. The molecule has 4 rings (SSSR count). The molecule has 2 aromatic carbocycles. The fraction of sp³-hybridized carbons (Fsp3) is 0.0526. The van der Waals surface area contributed by atoms with Crippen LogP contribution in [0.25, 0.3) is 10.8 Å². The predicted octanol–water partition coefficient (Wildman–Crippen LogP) is 4.80. The summed E-state index contributed by atoms with van der Waals surface area (Å²) >= 11 is 0. The Balaban J connectivity index is 1.75. The topological polar surface area (TPSA) is 62.8 Å². The number of pyridine rings is 1. The zero-order chi connectivity index (χ0) is 16.4. The summed E-state index contributed by atoms with van der Waals surface area (Å²) in [5.41, 5.74) is 0.985. The molecule has 118 valence electrons. The Morgan fingerprint density at radius 1 is 0.917 bits per heavy atom. The number of H-pyrrole nitrogens is 1. The third-order valence-electron chi connectivity index (χ3n) is 3.63. The van der Waals surface area contributed by atoms with E-state index in [9.17, 15) is 0 Å². The van der Waals surface area contributed by atoms with Gasteiger partial charge in [-0.3, -0.25) is 5.10 Å². The fourth-order valence-electron chi connectivity index (χ4n) is 2.52. The highest BCUT2D eigenvalue weighted by Gasteiger charge is 2.09. The van der Waals surface area contributed by atoms with Crippen molar-refractivity contribution in [1.29, 1.82) is 0 Å². The lowest BCUT2D eigenvalue weighted by Crippen LogP contribution is -1.97. The molecular formula is C19H16N4O. The third-order valence-corrected chi connectivity index (χ3v) is 3.63. The van der Waals surface area contributed by atoms with Crippen molar-refractivity contribution in [2.45, 2.75) is 6.92 Å². The first kappa shape index (κ1) is 14.3. The molecule has 0 aliphatic rings. The van der Waals surface area contributed by atoms with E-state index in [1.807, 2.05) is 73.7 Å². The number of nitrogens with one attached hydrogen (secondary N) is 2. The zero-order valence-electron chi connectivity index (χ0n) is 13.2. The van der Waals surface area contributed by atoms with E-state index in [2.05, 4.69) is 20.5 Å². The van der Waals surface area contributed by atoms with E-state index >= 15 is 0 Å². The first-order chi connectivity index (χ1) is 11.8. The summed E-state index contributed by atoms with van der Waals surface area (Å²) < 4.78 is 6.00. The van der Waals surface area contributed by atoms with Gasteiger partial charge >= 0.3 is 0 Å². The van der Waals surface area contributed by atoms with E-state index in [4.69, 9.17) is 4.74 Å². The summed E-state index contributed by atoms with van der Waals surface area (Å²) in [5.74, 6) is 2.73. The minimum atomic E-state index is 0.564. The molecule has 0 saturated heterocycles. The summed E-state index contributed by atoms with van der Waals surface area (Å²) in [4.78, 5) is 4.61. The van der Waals surface area contributed by atoms with E-state index in [0.29, 0.717) is 11.7 Å². The lowest BCUT2D eigenvalue weighted by molar-refractivity contribution is 0.470. The van der Waals surface area contributed by atoms with Crippen LogP contribution < -0.4 is 10.1 Å². The summed E-state index contributed by atoms with van der Waals surface area (Å²) in [6.45, 7) is 1.95. The van der Waals surface area contributed by atoms with Gasteiger partial charge in [-0.2, -0.15) is 10.1 Å². The molecule has 0 amide bonds. The van der Waals surface area contributed by atoms with Crippen LogP contribution in [0.1, 0.15) is 5.69 Å². The Kier molecular flexibility index (Phi) is 3.59. The second-order valence-corrected chi connectivity index (χ2v) is 5.51. The summed E-state index contributed by atoms with van der Waals surface area (Å²) in [7, 11) is 0. The molecule has 5 nitrogen and oxygen atoms in total. The highest BCUT2D eigenvalue weighted by molar-refractivity contribution is 5.89. The second-order valence-electron chi connectivity index (χ2n) is 5.51. The van der Waals surface area contributed by atoms with Gasteiger partial charge in [-0.1, -0.05) is 36.4 Å². The molecule has 0 spiro atoms. The molecule has 0 unspecified atom stereocenters. The van der Waals surface area contributed by atoms with Gasteiger partial charge in [0.25, 0.3) is 0 Å². The highest BCUT2D eigenvalue weighted by Crippen LogP contribution is 2.31. The maximum absolute atomic E-state index is 6.00. The Bertz CT molecular complexity index is 979. The van der Waals surface area contributed by atoms with Crippen LogP contribution in [-0.4, -0.2) is 15.2 Å². The van der Waals surface area contributed by atoms with Gasteiger partial charge in [0.05, 0.1) is 0 Å². The normalized spacial score (nSPS) is 10.7. The smallest absolute Gasteiger partial charge is 0.229 e. The molecule has 5 heteroatoms. The standard InChI is InChI=1S/C19H16N4O/c1-13-11-18(23-22-13)20-17-12-14-7-5-6-10-16(14)19(21-17)24-15-8-3-2-4-9-15/h2-12H,1H3,(H2,20,21,22,23). The van der Waals surface area contributed by atoms with Crippen molar-refractivity contribution in [2.75, 3.05) is 5.32 Å². The second kappa shape index (κ2) is 6.04. The molecule has 4 aromatic rings. The Morgan fingerprint density at radius 3 is 2.50 bits per heavy atom. The Labute approximate surface area is 139 Å². The Morgan fingerprint density at radius 2 is 1.71 bits per heavy atom. The average Bonchev–Trinajstić information content (AvgIpc) is 3.01. The quantitative estimate of drug-likeness (QED) is 0.567. The van der Waals surface area contributed by atoms with Gasteiger partial charge in [-0.05, 0) is 36.6 Å². The van der Waals surface area contributed by atoms with Gasteiger partial charge in [0.1, 0.15) is 11.6 Å². The van der Waals surface area contributed by atoms with Gasteiger partial charge in [0.2, 0.25) is 5.88 Å². The van der Waals surface area contributed by atoms with Crippen molar-refractivity contribution < 1.29 is 4.74 Å². The highest BCUT2D eigenvalue weighted by atomic mass is 16.5. The van der Waals surface area contributed by atoms with Crippen LogP contribution in [0.5, 0.6) is 11.6 Å². The number of ether oxygens (including phenoxy) is 1. The van der Waals surface area contributed by atoms with Gasteiger partial charge in [0.15, 0.2) is 5.82 Å². The van der Waals surface area contributed by atoms with E-state index in [1.165, 1.54) is 0 Å². The first-order valence-electron chi connectivity index (χ1n) is 7.70. The lowest BCUT2D eigenvalue weighted by atomic mass is 10.1. The summed E-state index contributed by atoms with van der Waals surface area (Å²) in [6, 6.07) is 21.6. The fourth-order valence-corrected chi connectivity index (χ4v) is 2.52. The molecule has 0 radical (unpaired) electrons. The van der Waals surface area contributed by atoms with Crippen molar-refractivity contribution in [3.05, 3.63) is 72.4 Å². The SMILES string of the molecule is Cc1cc(Nc2cc3ccccc3c(Oc3ccccc3)n2)n[nH]1.